The fourth-order valence-electron chi connectivity index (χ4n) is 1.16. The van der Waals surface area contributed by atoms with Crippen LogP contribution in [0, 0.1) is 5.95 Å². The lowest BCUT2D eigenvalue weighted by atomic mass is 10.0. The number of rotatable bonds is 1. The van der Waals surface area contributed by atoms with Crippen LogP contribution < -0.4 is 5.32 Å². The van der Waals surface area contributed by atoms with Crippen molar-refractivity contribution >= 4 is 0 Å². The van der Waals surface area contributed by atoms with Gasteiger partial charge in [-0.25, -0.2) is 4.98 Å². The van der Waals surface area contributed by atoms with Gasteiger partial charge in [-0.1, -0.05) is 6.07 Å². The largest absolute Gasteiger partial charge is 0.309 e. The van der Waals surface area contributed by atoms with Crippen LogP contribution in [0.2, 0.25) is 0 Å². The molecule has 11 heavy (non-hydrogen) atoms. The summed E-state index contributed by atoms with van der Waals surface area (Å²) in [7, 11) is 0. The quantitative estimate of drug-likeness (QED) is 0.613. The summed E-state index contributed by atoms with van der Waals surface area (Å²) in [5, 5.41) is 3.16. The molecule has 3 heteroatoms. The van der Waals surface area contributed by atoms with Crippen molar-refractivity contribution in [2.45, 2.75) is 12.5 Å². The van der Waals surface area contributed by atoms with E-state index in [-0.39, 0.29) is 6.04 Å². The Bertz CT molecular complexity index is 258. The molecule has 0 bridgehead atoms. The van der Waals surface area contributed by atoms with E-state index >= 15 is 0 Å². The topological polar surface area (TPSA) is 24.9 Å². The normalized spacial score (nSPS) is 22.8. The molecule has 2 rings (SSSR count). The van der Waals surface area contributed by atoms with Gasteiger partial charge in [0.05, 0.1) is 11.7 Å². The number of hydrogen-bond donors (Lipinski definition) is 1. The maximum absolute atomic E-state index is 12.5. The zero-order valence-corrected chi connectivity index (χ0v) is 6.05. The molecule has 0 unspecified atom stereocenters. The van der Waals surface area contributed by atoms with E-state index in [0.717, 1.165) is 18.7 Å². The Labute approximate surface area is 64.5 Å². The number of aromatic nitrogens is 1. The van der Waals surface area contributed by atoms with E-state index in [1.54, 1.807) is 6.07 Å². The predicted octanol–water partition coefficient (Wildman–Crippen LogP) is 1.26. The summed E-state index contributed by atoms with van der Waals surface area (Å²) in [6.07, 6.45) is 1.07. The van der Waals surface area contributed by atoms with Gasteiger partial charge in [0.1, 0.15) is 0 Å². The molecule has 1 aliphatic rings. The summed E-state index contributed by atoms with van der Waals surface area (Å²) in [6.45, 7) is 1.02. The first kappa shape index (κ1) is 6.73. The van der Waals surface area contributed by atoms with Crippen molar-refractivity contribution in [2.75, 3.05) is 6.54 Å². The molecule has 0 saturated carbocycles. The van der Waals surface area contributed by atoms with E-state index in [4.69, 9.17) is 0 Å². The van der Waals surface area contributed by atoms with Crippen molar-refractivity contribution < 1.29 is 4.39 Å². The molecule has 1 aliphatic heterocycles. The molecule has 58 valence electrons. The molecule has 1 aromatic heterocycles. The molecule has 1 N–H and O–H groups in total. The highest BCUT2D eigenvalue weighted by atomic mass is 19.1. The number of nitrogens with zero attached hydrogens (tertiary/aromatic N) is 1. The molecule has 0 amide bonds. The summed E-state index contributed by atoms with van der Waals surface area (Å²) in [5.41, 5.74) is 0.816. The van der Waals surface area contributed by atoms with Crippen LogP contribution in [0.5, 0.6) is 0 Å². The first-order valence-corrected chi connectivity index (χ1v) is 3.72. The molecule has 0 aliphatic carbocycles. The van der Waals surface area contributed by atoms with E-state index in [2.05, 4.69) is 10.3 Å². The van der Waals surface area contributed by atoms with Gasteiger partial charge in [-0.2, -0.15) is 4.39 Å². The van der Waals surface area contributed by atoms with Gasteiger partial charge in [0.2, 0.25) is 5.95 Å². The Morgan fingerprint density at radius 1 is 1.55 bits per heavy atom. The van der Waals surface area contributed by atoms with Crippen molar-refractivity contribution in [2.24, 2.45) is 0 Å². The van der Waals surface area contributed by atoms with Crippen molar-refractivity contribution in [1.29, 1.82) is 0 Å². The Morgan fingerprint density at radius 3 is 2.91 bits per heavy atom. The summed E-state index contributed by atoms with van der Waals surface area (Å²) >= 11 is 0. The molecule has 1 atom stereocenters. The fourth-order valence-corrected chi connectivity index (χ4v) is 1.16. The second-order valence-corrected chi connectivity index (χ2v) is 2.68. The molecular formula is C8H9FN2. The van der Waals surface area contributed by atoms with Crippen LogP contribution in [0.15, 0.2) is 18.2 Å². The zero-order chi connectivity index (χ0) is 7.68. The van der Waals surface area contributed by atoms with Crippen LogP contribution in [0.3, 0.4) is 0 Å². The minimum absolute atomic E-state index is 0.283. The zero-order valence-electron chi connectivity index (χ0n) is 6.05. The molecule has 0 radical (unpaired) electrons. The minimum atomic E-state index is -0.392. The Balaban J connectivity index is 2.23. The van der Waals surface area contributed by atoms with Crippen LogP contribution in [0.25, 0.3) is 0 Å². The first-order valence-electron chi connectivity index (χ1n) is 3.72. The van der Waals surface area contributed by atoms with Crippen LogP contribution >= 0.6 is 0 Å². The molecule has 1 aromatic rings. The van der Waals surface area contributed by atoms with Crippen molar-refractivity contribution in [3.8, 4) is 0 Å². The highest BCUT2D eigenvalue weighted by Crippen LogP contribution is 2.20. The predicted molar refractivity (Wildman–Crippen MR) is 39.6 cm³/mol. The van der Waals surface area contributed by atoms with Gasteiger partial charge in [-0.05, 0) is 25.1 Å². The van der Waals surface area contributed by atoms with E-state index in [1.165, 1.54) is 6.07 Å². The van der Waals surface area contributed by atoms with Gasteiger partial charge in [0, 0.05) is 0 Å². The van der Waals surface area contributed by atoms with Crippen molar-refractivity contribution in [3.05, 3.63) is 29.8 Å². The second-order valence-electron chi connectivity index (χ2n) is 2.68. The minimum Gasteiger partial charge on any atom is -0.309 e. The molecule has 0 aromatic carbocycles. The van der Waals surface area contributed by atoms with Gasteiger partial charge in [-0.3, -0.25) is 0 Å². The van der Waals surface area contributed by atoms with Gasteiger partial charge in [-0.15, -0.1) is 0 Å². The highest BCUT2D eigenvalue weighted by Gasteiger charge is 2.19. The van der Waals surface area contributed by atoms with E-state index in [0.29, 0.717) is 0 Å². The maximum atomic E-state index is 12.5. The average Bonchev–Trinajstić information content (AvgIpc) is 1.83. The molecule has 2 nitrogen and oxygen atoms in total. The van der Waals surface area contributed by atoms with E-state index < -0.39 is 5.95 Å². The monoisotopic (exact) mass is 152 g/mol. The van der Waals surface area contributed by atoms with Crippen LogP contribution in [0.1, 0.15) is 18.2 Å². The third-order valence-corrected chi connectivity index (χ3v) is 1.92. The third-order valence-electron chi connectivity index (χ3n) is 1.92. The van der Waals surface area contributed by atoms with Crippen LogP contribution in [0.4, 0.5) is 4.39 Å². The van der Waals surface area contributed by atoms with Gasteiger partial charge >= 0.3 is 0 Å². The summed E-state index contributed by atoms with van der Waals surface area (Å²) in [5.74, 6) is -0.392. The summed E-state index contributed by atoms with van der Waals surface area (Å²) < 4.78 is 12.5. The second kappa shape index (κ2) is 2.58. The molecule has 1 fully saturated rings. The Morgan fingerprint density at radius 2 is 2.36 bits per heavy atom. The average molecular weight is 152 g/mol. The van der Waals surface area contributed by atoms with E-state index in [1.807, 2.05) is 6.07 Å². The maximum Gasteiger partial charge on any atom is 0.213 e. The van der Waals surface area contributed by atoms with Crippen LogP contribution in [-0.2, 0) is 0 Å². The Hall–Kier alpha value is -0.960. The molecule has 2 heterocycles. The lowest BCUT2D eigenvalue weighted by molar-refractivity contribution is 0.370. The van der Waals surface area contributed by atoms with E-state index in [9.17, 15) is 4.39 Å². The fraction of sp³-hybridized carbons (Fsp3) is 0.375. The molecular weight excluding hydrogens is 143 g/mol. The molecule has 1 saturated heterocycles. The number of nitrogens with one attached hydrogen (secondary N) is 1. The lowest BCUT2D eigenvalue weighted by Crippen LogP contribution is -2.35. The van der Waals surface area contributed by atoms with Crippen molar-refractivity contribution in [1.82, 2.24) is 10.3 Å². The summed E-state index contributed by atoms with van der Waals surface area (Å²) in [4.78, 5) is 3.77. The first-order chi connectivity index (χ1) is 5.36. The van der Waals surface area contributed by atoms with Gasteiger partial charge < -0.3 is 5.32 Å². The molecule has 0 spiro atoms. The smallest absolute Gasteiger partial charge is 0.213 e. The van der Waals surface area contributed by atoms with Crippen LogP contribution in [-0.4, -0.2) is 11.5 Å². The van der Waals surface area contributed by atoms with Crippen molar-refractivity contribution in [3.63, 3.8) is 0 Å². The lowest BCUT2D eigenvalue weighted by Gasteiger charge is -2.26. The number of hydrogen-bond acceptors (Lipinski definition) is 2. The number of halogens is 1. The summed E-state index contributed by atoms with van der Waals surface area (Å²) in [6, 6.07) is 5.19. The number of pyridine rings is 1. The SMILES string of the molecule is Fc1cccc([C@@H]2CCN2)n1. The van der Waals surface area contributed by atoms with Gasteiger partial charge in [0.15, 0.2) is 0 Å². The third kappa shape index (κ3) is 1.24. The Kier molecular flexibility index (Phi) is 1.58. The highest BCUT2D eigenvalue weighted by molar-refractivity contribution is 5.11. The van der Waals surface area contributed by atoms with Gasteiger partial charge in [0.25, 0.3) is 0 Å². The standard InChI is InChI=1S/C8H9FN2/c9-8-3-1-2-7(11-8)6-4-5-10-6/h1-3,6,10H,4-5H2/t6-/m0/s1.